The standard InChI is InChI=1S/C7H13N3S/c1-2-11-5-3-4-10-7-8-6-9-10/h6-7H,2-5H2,1H3. The van der Waals surface area contributed by atoms with Crippen LogP contribution in [0.1, 0.15) is 13.3 Å². The Morgan fingerprint density at radius 3 is 3.09 bits per heavy atom. The van der Waals surface area contributed by atoms with E-state index in [1.165, 1.54) is 17.9 Å². The van der Waals surface area contributed by atoms with E-state index in [1.807, 2.05) is 16.4 Å². The molecule has 0 aliphatic carbocycles. The molecule has 4 heteroatoms. The van der Waals surface area contributed by atoms with Crippen molar-refractivity contribution in [3.63, 3.8) is 0 Å². The highest BCUT2D eigenvalue weighted by atomic mass is 32.2. The zero-order valence-corrected chi connectivity index (χ0v) is 7.55. The Morgan fingerprint density at radius 1 is 1.55 bits per heavy atom. The summed E-state index contributed by atoms with van der Waals surface area (Å²) in [6.45, 7) is 3.17. The Hall–Kier alpha value is -0.510. The van der Waals surface area contributed by atoms with E-state index in [4.69, 9.17) is 0 Å². The lowest BCUT2D eigenvalue weighted by atomic mass is 10.5. The molecule has 0 N–H and O–H groups in total. The second-order valence-electron chi connectivity index (χ2n) is 2.21. The first-order valence-corrected chi connectivity index (χ1v) is 4.99. The molecule has 0 atom stereocenters. The van der Waals surface area contributed by atoms with Gasteiger partial charge in [-0.1, -0.05) is 6.92 Å². The van der Waals surface area contributed by atoms with Gasteiger partial charge in [0.2, 0.25) is 0 Å². The summed E-state index contributed by atoms with van der Waals surface area (Å²) in [5.41, 5.74) is 0. The molecule has 0 aliphatic heterocycles. The first-order chi connectivity index (χ1) is 5.43. The molecule has 0 amide bonds. The normalized spacial score (nSPS) is 10.3. The molecule has 3 nitrogen and oxygen atoms in total. The fourth-order valence-electron chi connectivity index (χ4n) is 0.821. The Labute approximate surface area is 71.2 Å². The Balaban J connectivity index is 2.04. The van der Waals surface area contributed by atoms with E-state index in [0.717, 1.165) is 6.54 Å². The number of thioether (sulfide) groups is 1. The van der Waals surface area contributed by atoms with E-state index in [0.29, 0.717) is 0 Å². The number of rotatable bonds is 5. The molecular weight excluding hydrogens is 158 g/mol. The molecule has 0 radical (unpaired) electrons. The molecule has 0 spiro atoms. The molecule has 0 aliphatic rings. The maximum atomic E-state index is 4.01. The van der Waals surface area contributed by atoms with E-state index in [9.17, 15) is 0 Å². The smallest absolute Gasteiger partial charge is 0.137 e. The Kier molecular flexibility index (Phi) is 4.04. The lowest BCUT2D eigenvalue weighted by Crippen LogP contribution is -1.99. The average Bonchev–Trinajstić information content (AvgIpc) is 2.50. The Bertz CT molecular complexity index is 174. The van der Waals surface area contributed by atoms with Gasteiger partial charge in [-0.3, -0.25) is 4.68 Å². The minimum atomic E-state index is 0.993. The van der Waals surface area contributed by atoms with Gasteiger partial charge in [0, 0.05) is 6.54 Å². The van der Waals surface area contributed by atoms with Crippen LogP contribution in [-0.2, 0) is 6.54 Å². The molecule has 1 rings (SSSR count). The molecule has 0 fully saturated rings. The van der Waals surface area contributed by atoms with Gasteiger partial charge in [0.15, 0.2) is 0 Å². The van der Waals surface area contributed by atoms with Gasteiger partial charge in [0.25, 0.3) is 0 Å². The summed E-state index contributed by atoms with van der Waals surface area (Å²) in [5.74, 6) is 2.42. The van der Waals surface area contributed by atoms with Crippen LogP contribution in [0.3, 0.4) is 0 Å². The van der Waals surface area contributed by atoms with E-state index >= 15 is 0 Å². The first kappa shape index (κ1) is 8.59. The highest BCUT2D eigenvalue weighted by Gasteiger charge is 1.90. The van der Waals surface area contributed by atoms with Crippen LogP contribution in [0.25, 0.3) is 0 Å². The number of nitrogens with zero attached hydrogens (tertiary/aromatic N) is 3. The molecule has 0 bridgehead atoms. The minimum Gasteiger partial charge on any atom is -0.253 e. The van der Waals surface area contributed by atoms with Gasteiger partial charge in [-0.2, -0.15) is 16.9 Å². The molecule has 11 heavy (non-hydrogen) atoms. The average molecular weight is 171 g/mol. The molecule has 0 unspecified atom stereocenters. The highest BCUT2D eigenvalue weighted by Crippen LogP contribution is 2.01. The van der Waals surface area contributed by atoms with Crippen LogP contribution in [0.15, 0.2) is 12.7 Å². The first-order valence-electron chi connectivity index (χ1n) is 3.83. The highest BCUT2D eigenvalue weighted by molar-refractivity contribution is 7.99. The third-order valence-corrected chi connectivity index (χ3v) is 2.33. The van der Waals surface area contributed by atoms with Gasteiger partial charge < -0.3 is 0 Å². The second kappa shape index (κ2) is 5.18. The fraction of sp³-hybridized carbons (Fsp3) is 0.714. The van der Waals surface area contributed by atoms with Gasteiger partial charge in [0.05, 0.1) is 0 Å². The summed E-state index contributed by atoms with van der Waals surface area (Å²) >= 11 is 1.97. The quantitative estimate of drug-likeness (QED) is 0.628. The van der Waals surface area contributed by atoms with Crippen molar-refractivity contribution in [2.75, 3.05) is 11.5 Å². The lowest BCUT2D eigenvalue weighted by Gasteiger charge is -1.98. The number of aryl methyl sites for hydroxylation is 1. The molecular formula is C7H13N3S. The Morgan fingerprint density at radius 2 is 2.45 bits per heavy atom. The molecule has 1 heterocycles. The zero-order chi connectivity index (χ0) is 7.94. The van der Waals surface area contributed by atoms with Crippen molar-refractivity contribution < 1.29 is 0 Å². The van der Waals surface area contributed by atoms with Crippen LogP contribution in [0.4, 0.5) is 0 Å². The zero-order valence-electron chi connectivity index (χ0n) is 6.73. The van der Waals surface area contributed by atoms with E-state index in [1.54, 1.807) is 12.7 Å². The van der Waals surface area contributed by atoms with Crippen molar-refractivity contribution in [1.82, 2.24) is 14.8 Å². The van der Waals surface area contributed by atoms with Gasteiger partial charge in [-0.05, 0) is 17.9 Å². The van der Waals surface area contributed by atoms with Crippen molar-refractivity contribution in [2.24, 2.45) is 0 Å². The molecule has 0 aromatic carbocycles. The number of aromatic nitrogens is 3. The minimum absolute atomic E-state index is 0.993. The van der Waals surface area contributed by atoms with Gasteiger partial charge in [-0.25, -0.2) is 4.98 Å². The van der Waals surface area contributed by atoms with Crippen LogP contribution < -0.4 is 0 Å². The molecule has 1 aromatic heterocycles. The van der Waals surface area contributed by atoms with Crippen LogP contribution >= 0.6 is 11.8 Å². The third kappa shape index (κ3) is 3.41. The lowest BCUT2D eigenvalue weighted by molar-refractivity contribution is 0.604. The van der Waals surface area contributed by atoms with Gasteiger partial charge in [-0.15, -0.1) is 0 Å². The maximum Gasteiger partial charge on any atom is 0.137 e. The van der Waals surface area contributed by atoms with E-state index in [2.05, 4.69) is 17.0 Å². The van der Waals surface area contributed by atoms with E-state index < -0.39 is 0 Å². The summed E-state index contributed by atoms with van der Waals surface area (Å²) in [7, 11) is 0. The van der Waals surface area contributed by atoms with Crippen molar-refractivity contribution in [3.8, 4) is 0 Å². The van der Waals surface area contributed by atoms with E-state index in [-0.39, 0.29) is 0 Å². The summed E-state index contributed by atoms with van der Waals surface area (Å²) < 4.78 is 1.87. The van der Waals surface area contributed by atoms with Crippen molar-refractivity contribution in [3.05, 3.63) is 12.7 Å². The van der Waals surface area contributed by atoms with Crippen molar-refractivity contribution in [1.29, 1.82) is 0 Å². The van der Waals surface area contributed by atoms with Gasteiger partial charge >= 0.3 is 0 Å². The van der Waals surface area contributed by atoms with Gasteiger partial charge in [0.1, 0.15) is 12.7 Å². The summed E-state index contributed by atoms with van der Waals surface area (Å²) in [6, 6.07) is 0. The maximum absolute atomic E-state index is 4.01. The van der Waals surface area contributed by atoms with Crippen molar-refractivity contribution in [2.45, 2.75) is 19.9 Å². The SMILES string of the molecule is CCSCCCn1cncn1. The summed E-state index contributed by atoms with van der Waals surface area (Å²) in [4.78, 5) is 3.87. The largest absolute Gasteiger partial charge is 0.253 e. The molecule has 1 aromatic rings. The number of hydrogen-bond donors (Lipinski definition) is 0. The molecule has 0 saturated heterocycles. The second-order valence-corrected chi connectivity index (χ2v) is 3.60. The van der Waals surface area contributed by atoms with Crippen LogP contribution in [0.5, 0.6) is 0 Å². The number of hydrogen-bond acceptors (Lipinski definition) is 3. The summed E-state index contributed by atoms with van der Waals surface area (Å²) in [6.07, 6.45) is 4.52. The monoisotopic (exact) mass is 171 g/mol. The predicted octanol–water partition coefficient (Wildman–Crippen LogP) is 1.42. The fourth-order valence-corrected chi connectivity index (χ4v) is 1.44. The predicted molar refractivity (Wildman–Crippen MR) is 47.6 cm³/mol. The summed E-state index contributed by atoms with van der Waals surface area (Å²) in [5, 5.41) is 4.01. The van der Waals surface area contributed by atoms with Crippen LogP contribution in [0, 0.1) is 0 Å². The molecule has 0 saturated carbocycles. The van der Waals surface area contributed by atoms with Crippen LogP contribution in [0.2, 0.25) is 0 Å². The third-order valence-electron chi connectivity index (χ3n) is 1.35. The topological polar surface area (TPSA) is 30.7 Å². The van der Waals surface area contributed by atoms with Crippen LogP contribution in [-0.4, -0.2) is 26.3 Å². The molecule has 62 valence electrons. The van der Waals surface area contributed by atoms with Crippen molar-refractivity contribution >= 4 is 11.8 Å².